The van der Waals surface area contributed by atoms with Crippen LogP contribution in [-0.4, -0.2) is 38.8 Å². The van der Waals surface area contributed by atoms with Gasteiger partial charge in [0, 0.05) is 24.3 Å². The van der Waals surface area contributed by atoms with Gasteiger partial charge < -0.3 is 10.1 Å². The van der Waals surface area contributed by atoms with Crippen molar-refractivity contribution in [2.24, 2.45) is 0 Å². The molecule has 0 saturated carbocycles. The molecule has 1 N–H and O–H groups in total. The molecule has 1 aliphatic rings. The zero-order valence-corrected chi connectivity index (χ0v) is 15.5. The van der Waals surface area contributed by atoms with E-state index in [0.717, 1.165) is 19.3 Å². The standard InChI is InChI=1S/C19H22N2O4S/c1-25-17-11-10-15(19(22)20-16-8-4-2-5-9-16)14-18(17)26(23,24)21-12-6-3-7-13-21/h2,4-5,8-11,14H,3,6-7,12-13H2,1H3,(H,20,22). The maximum Gasteiger partial charge on any atom is 0.255 e. The predicted molar refractivity (Wildman–Crippen MR) is 100.0 cm³/mol. The van der Waals surface area contributed by atoms with Gasteiger partial charge in [-0.25, -0.2) is 8.42 Å². The highest BCUT2D eigenvalue weighted by molar-refractivity contribution is 7.89. The Kier molecular flexibility index (Phi) is 5.58. The van der Waals surface area contributed by atoms with E-state index in [1.807, 2.05) is 18.2 Å². The van der Waals surface area contributed by atoms with Gasteiger partial charge >= 0.3 is 0 Å². The zero-order valence-electron chi connectivity index (χ0n) is 14.6. The van der Waals surface area contributed by atoms with Crippen molar-refractivity contribution >= 4 is 21.6 Å². The summed E-state index contributed by atoms with van der Waals surface area (Å²) in [6, 6.07) is 13.5. The minimum Gasteiger partial charge on any atom is -0.495 e. The largest absolute Gasteiger partial charge is 0.495 e. The summed E-state index contributed by atoms with van der Waals surface area (Å²) in [6.07, 6.45) is 2.72. The number of nitrogens with zero attached hydrogens (tertiary/aromatic N) is 1. The highest BCUT2D eigenvalue weighted by atomic mass is 32.2. The number of hydrogen-bond acceptors (Lipinski definition) is 4. The molecule has 0 bridgehead atoms. The first kappa shape index (κ1) is 18.4. The third-order valence-electron chi connectivity index (χ3n) is 4.39. The van der Waals surface area contributed by atoms with Gasteiger partial charge in [0.05, 0.1) is 7.11 Å². The van der Waals surface area contributed by atoms with E-state index in [0.29, 0.717) is 18.8 Å². The van der Waals surface area contributed by atoms with Gasteiger partial charge in [0.25, 0.3) is 5.91 Å². The number of nitrogens with one attached hydrogen (secondary N) is 1. The van der Waals surface area contributed by atoms with Crippen LogP contribution in [0, 0.1) is 0 Å². The van der Waals surface area contributed by atoms with E-state index >= 15 is 0 Å². The summed E-state index contributed by atoms with van der Waals surface area (Å²) in [5, 5.41) is 2.77. The van der Waals surface area contributed by atoms with E-state index < -0.39 is 10.0 Å². The molecule has 0 spiro atoms. The van der Waals surface area contributed by atoms with E-state index in [1.165, 1.54) is 23.5 Å². The Hall–Kier alpha value is -2.38. The molecule has 0 atom stereocenters. The number of para-hydroxylation sites is 1. The Labute approximate surface area is 153 Å². The van der Waals surface area contributed by atoms with Gasteiger partial charge in [-0.1, -0.05) is 24.6 Å². The quantitative estimate of drug-likeness (QED) is 0.872. The van der Waals surface area contributed by atoms with Crippen molar-refractivity contribution in [1.29, 1.82) is 0 Å². The number of amides is 1. The molecule has 1 heterocycles. The van der Waals surface area contributed by atoms with Gasteiger partial charge in [-0.05, 0) is 43.2 Å². The molecular formula is C19H22N2O4S. The SMILES string of the molecule is COc1ccc(C(=O)Nc2ccccc2)cc1S(=O)(=O)N1CCCCC1. The van der Waals surface area contributed by atoms with Crippen molar-refractivity contribution in [2.75, 3.05) is 25.5 Å². The van der Waals surface area contributed by atoms with Crippen LogP contribution < -0.4 is 10.1 Å². The summed E-state index contributed by atoms with van der Waals surface area (Å²) in [5.41, 5.74) is 0.916. The maximum atomic E-state index is 13.0. The minimum absolute atomic E-state index is 0.0302. The third kappa shape index (κ3) is 3.89. The molecule has 26 heavy (non-hydrogen) atoms. The summed E-state index contributed by atoms with van der Waals surface area (Å²) in [4.78, 5) is 12.5. The number of hydrogen-bond donors (Lipinski definition) is 1. The van der Waals surface area contributed by atoms with E-state index in [2.05, 4.69) is 5.32 Å². The number of benzene rings is 2. The number of carbonyl (C=O) groups excluding carboxylic acids is 1. The molecule has 3 rings (SSSR count). The van der Waals surface area contributed by atoms with Crippen LogP contribution in [0.15, 0.2) is 53.4 Å². The highest BCUT2D eigenvalue weighted by Crippen LogP contribution is 2.29. The Bertz CT molecular complexity index is 876. The van der Waals surface area contributed by atoms with Crippen molar-refractivity contribution < 1.29 is 17.9 Å². The summed E-state index contributed by atoms with van der Waals surface area (Å²) < 4.78 is 32.7. The van der Waals surface area contributed by atoms with Gasteiger partial charge in [0.15, 0.2) is 0 Å². The molecule has 0 radical (unpaired) electrons. The monoisotopic (exact) mass is 374 g/mol. The van der Waals surface area contributed by atoms with Gasteiger partial charge in [-0.2, -0.15) is 4.31 Å². The molecule has 1 fully saturated rings. The Morgan fingerprint density at radius 1 is 1.04 bits per heavy atom. The molecule has 1 amide bonds. The Morgan fingerprint density at radius 3 is 2.38 bits per heavy atom. The zero-order chi connectivity index (χ0) is 18.6. The lowest BCUT2D eigenvalue weighted by atomic mass is 10.2. The van der Waals surface area contributed by atoms with Gasteiger partial charge in [-0.3, -0.25) is 4.79 Å². The molecule has 7 heteroatoms. The third-order valence-corrected chi connectivity index (χ3v) is 6.31. The fourth-order valence-electron chi connectivity index (χ4n) is 2.99. The van der Waals surface area contributed by atoms with Crippen molar-refractivity contribution in [3.05, 3.63) is 54.1 Å². The lowest BCUT2D eigenvalue weighted by Gasteiger charge is -2.26. The van der Waals surface area contributed by atoms with Crippen LogP contribution in [0.5, 0.6) is 5.75 Å². The molecule has 0 aromatic heterocycles. The van der Waals surface area contributed by atoms with Crippen LogP contribution in [0.25, 0.3) is 0 Å². The summed E-state index contributed by atoms with van der Waals surface area (Å²) in [5.74, 6) is -0.124. The topological polar surface area (TPSA) is 75.7 Å². The average Bonchev–Trinajstić information content (AvgIpc) is 2.69. The fraction of sp³-hybridized carbons (Fsp3) is 0.316. The number of piperidine rings is 1. The number of methoxy groups -OCH3 is 1. The maximum absolute atomic E-state index is 13.0. The summed E-state index contributed by atoms with van der Waals surface area (Å²) in [6.45, 7) is 0.984. The van der Waals surface area contributed by atoms with Crippen LogP contribution >= 0.6 is 0 Å². The van der Waals surface area contributed by atoms with Crippen molar-refractivity contribution in [3.63, 3.8) is 0 Å². The van der Waals surface area contributed by atoms with E-state index in [9.17, 15) is 13.2 Å². The minimum atomic E-state index is -3.71. The summed E-state index contributed by atoms with van der Waals surface area (Å²) in [7, 11) is -2.28. The molecule has 1 saturated heterocycles. The summed E-state index contributed by atoms with van der Waals surface area (Å²) >= 11 is 0. The van der Waals surface area contributed by atoms with Crippen molar-refractivity contribution in [1.82, 2.24) is 4.31 Å². The van der Waals surface area contributed by atoms with E-state index in [-0.39, 0.29) is 22.1 Å². The second-order valence-electron chi connectivity index (χ2n) is 6.15. The second kappa shape index (κ2) is 7.88. The lowest BCUT2D eigenvalue weighted by molar-refractivity contribution is 0.102. The molecule has 0 aliphatic carbocycles. The Morgan fingerprint density at radius 2 is 1.73 bits per heavy atom. The molecular weight excluding hydrogens is 352 g/mol. The van der Waals surface area contributed by atoms with Crippen LogP contribution in [0.1, 0.15) is 29.6 Å². The number of sulfonamides is 1. The Balaban J connectivity index is 1.92. The molecule has 2 aromatic rings. The number of ether oxygens (including phenoxy) is 1. The fourth-order valence-corrected chi connectivity index (χ4v) is 4.69. The molecule has 0 unspecified atom stereocenters. The lowest BCUT2D eigenvalue weighted by Crippen LogP contribution is -2.35. The first-order valence-corrected chi connectivity index (χ1v) is 10.0. The van der Waals surface area contributed by atoms with Crippen LogP contribution in [0.2, 0.25) is 0 Å². The number of rotatable bonds is 5. The van der Waals surface area contributed by atoms with Gasteiger partial charge in [0.2, 0.25) is 10.0 Å². The first-order valence-electron chi connectivity index (χ1n) is 8.57. The van der Waals surface area contributed by atoms with E-state index in [4.69, 9.17) is 4.74 Å². The van der Waals surface area contributed by atoms with Crippen LogP contribution in [-0.2, 0) is 10.0 Å². The van der Waals surface area contributed by atoms with Gasteiger partial charge in [0.1, 0.15) is 10.6 Å². The van der Waals surface area contributed by atoms with Crippen molar-refractivity contribution in [3.8, 4) is 5.75 Å². The smallest absolute Gasteiger partial charge is 0.255 e. The van der Waals surface area contributed by atoms with Crippen LogP contribution in [0.3, 0.4) is 0 Å². The average molecular weight is 374 g/mol. The van der Waals surface area contributed by atoms with Crippen LogP contribution in [0.4, 0.5) is 5.69 Å². The number of carbonyl (C=O) groups is 1. The predicted octanol–water partition coefficient (Wildman–Crippen LogP) is 3.12. The normalized spacial score (nSPS) is 15.4. The molecule has 138 valence electrons. The first-order chi connectivity index (χ1) is 12.5. The second-order valence-corrected chi connectivity index (χ2v) is 8.06. The van der Waals surface area contributed by atoms with E-state index in [1.54, 1.807) is 18.2 Å². The molecule has 6 nitrogen and oxygen atoms in total. The molecule has 2 aromatic carbocycles. The highest BCUT2D eigenvalue weighted by Gasteiger charge is 2.29. The molecule has 1 aliphatic heterocycles. The number of anilines is 1. The van der Waals surface area contributed by atoms with Gasteiger partial charge in [-0.15, -0.1) is 0 Å². The van der Waals surface area contributed by atoms with Crippen molar-refractivity contribution in [2.45, 2.75) is 24.2 Å².